The summed E-state index contributed by atoms with van der Waals surface area (Å²) in [5.41, 5.74) is 0.897. The van der Waals surface area contributed by atoms with Gasteiger partial charge in [0.15, 0.2) is 11.6 Å². The van der Waals surface area contributed by atoms with E-state index in [1.165, 1.54) is 0 Å². The van der Waals surface area contributed by atoms with Crippen molar-refractivity contribution in [1.82, 2.24) is 4.98 Å². The first-order valence-corrected chi connectivity index (χ1v) is 6.98. The molecular weight excluding hydrogens is 374 g/mol. The van der Waals surface area contributed by atoms with E-state index in [0.29, 0.717) is 21.6 Å². The highest BCUT2D eigenvalue weighted by molar-refractivity contribution is 14.1. The van der Waals surface area contributed by atoms with Gasteiger partial charge in [0.25, 0.3) is 0 Å². The minimum atomic E-state index is -0.347. The quantitative estimate of drug-likeness (QED) is 0.797. The average molecular weight is 388 g/mol. The summed E-state index contributed by atoms with van der Waals surface area (Å²) in [4.78, 5) is 3.99. The maximum atomic E-state index is 13.8. The van der Waals surface area contributed by atoms with Gasteiger partial charge in [0.2, 0.25) is 0 Å². The number of hydrogen-bond acceptors (Lipinski definition) is 4. The summed E-state index contributed by atoms with van der Waals surface area (Å²) in [6, 6.07) is 7.11. The lowest BCUT2D eigenvalue weighted by molar-refractivity contribution is 0.391. The molecule has 0 spiro atoms. The summed E-state index contributed by atoms with van der Waals surface area (Å²) < 4.78 is 24.8. The molecule has 6 heteroatoms. The van der Waals surface area contributed by atoms with Crippen LogP contribution in [-0.2, 0) is 6.54 Å². The van der Waals surface area contributed by atoms with Crippen LogP contribution in [-0.4, -0.2) is 19.2 Å². The van der Waals surface area contributed by atoms with Gasteiger partial charge in [-0.05, 0) is 40.8 Å². The molecule has 0 aliphatic rings. The number of nitrogens with zero attached hydrogens (tertiary/aromatic N) is 1. The standard InChI is InChI=1S/C14H14FIN2O2/c1-19-10-4-3-9(12(7-10)20-2)8-18-14-13(15)11(16)5-6-17-14/h3-7H,8H2,1-2H3,(H,17,18). The number of pyridine rings is 1. The van der Waals surface area contributed by atoms with Crippen LogP contribution in [0.25, 0.3) is 0 Å². The Kier molecular flexibility index (Phi) is 4.99. The van der Waals surface area contributed by atoms with Gasteiger partial charge in [0.1, 0.15) is 11.5 Å². The Morgan fingerprint density at radius 3 is 2.75 bits per heavy atom. The minimum Gasteiger partial charge on any atom is -0.497 e. The Labute approximate surface area is 130 Å². The Morgan fingerprint density at radius 2 is 2.05 bits per heavy atom. The molecule has 1 aromatic carbocycles. The molecule has 1 heterocycles. The maximum absolute atomic E-state index is 13.8. The first kappa shape index (κ1) is 14.8. The van der Waals surface area contributed by atoms with Crippen molar-refractivity contribution in [3.8, 4) is 11.5 Å². The molecule has 0 radical (unpaired) electrons. The number of aromatic nitrogens is 1. The van der Waals surface area contributed by atoms with Crippen molar-refractivity contribution in [2.75, 3.05) is 19.5 Å². The van der Waals surface area contributed by atoms with Crippen LogP contribution in [0.4, 0.5) is 10.2 Å². The van der Waals surface area contributed by atoms with Crippen LogP contribution in [0.15, 0.2) is 30.5 Å². The van der Waals surface area contributed by atoms with Crippen LogP contribution in [0.3, 0.4) is 0 Å². The summed E-state index contributed by atoms with van der Waals surface area (Å²) in [6.45, 7) is 0.414. The molecule has 2 rings (SSSR count). The molecular formula is C14H14FIN2O2. The number of halogens is 2. The van der Waals surface area contributed by atoms with E-state index in [9.17, 15) is 4.39 Å². The van der Waals surface area contributed by atoms with E-state index >= 15 is 0 Å². The van der Waals surface area contributed by atoms with Crippen molar-refractivity contribution < 1.29 is 13.9 Å². The molecule has 1 N–H and O–H groups in total. The second-order valence-corrected chi connectivity index (χ2v) is 5.15. The monoisotopic (exact) mass is 388 g/mol. The molecule has 0 saturated heterocycles. The lowest BCUT2D eigenvalue weighted by Crippen LogP contribution is -2.06. The summed E-state index contributed by atoms with van der Waals surface area (Å²) >= 11 is 1.93. The third-order valence-corrected chi connectivity index (χ3v) is 3.62. The van der Waals surface area contributed by atoms with Crippen LogP contribution in [0, 0.1) is 9.39 Å². The molecule has 0 aliphatic carbocycles. The zero-order valence-electron chi connectivity index (χ0n) is 11.1. The van der Waals surface area contributed by atoms with Gasteiger partial charge < -0.3 is 14.8 Å². The zero-order valence-corrected chi connectivity index (χ0v) is 13.3. The molecule has 0 aliphatic heterocycles. The number of ether oxygens (including phenoxy) is 2. The summed E-state index contributed by atoms with van der Waals surface area (Å²) in [5, 5.41) is 2.97. The molecule has 106 valence electrons. The van der Waals surface area contributed by atoms with Crippen LogP contribution in [0.5, 0.6) is 11.5 Å². The molecule has 20 heavy (non-hydrogen) atoms. The van der Waals surface area contributed by atoms with Gasteiger partial charge in [-0.25, -0.2) is 9.37 Å². The number of benzene rings is 1. The van der Waals surface area contributed by atoms with Crippen molar-refractivity contribution in [2.45, 2.75) is 6.54 Å². The third kappa shape index (κ3) is 3.30. The molecule has 0 unspecified atom stereocenters. The Hall–Kier alpha value is -1.57. The molecule has 1 aromatic heterocycles. The van der Waals surface area contributed by atoms with Gasteiger partial charge in [-0.2, -0.15) is 0 Å². The van der Waals surface area contributed by atoms with E-state index < -0.39 is 0 Å². The number of nitrogens with one attached hydrogen (secondary N) is 1. The van der Waals surface area contributed by atoms with E-state index in [1.807, 2.05) is 34.7 Å². The largest absolute Gasteiger partial charge is 0.497 e. The lowest BCUT2D eigenvalue weighted by Gasteiger charge is -2.12. The highest BCUT2D eigenvalue weighted by atomic mass is 127. The minimum absolute atomic E-state index is 0.231. The Bertz CT molecular complexity index is 608. The van der Waals surface area contributed by atoms with E-state index in [1.54, 1.807) is 32.5 Å². The average Bonchev–Trinajstić information content (AvgIpc) is 2.48. The van der Waals surface area contributed by atoms with Crippen LogP contribution in [0.2, 0.25) is 0 Å². The fourth-order valence-corrected chi connectivity index (χ4v) is 2.14. The highest BCUT2D eigenvalue weighted by Crippen LogP contribution is 2.25. The molecule has 0 atom stereocenters. The number of anilines is 1. The number of methoxy groups -OCH3 is 2. The Morgan fingerprint density at radius 1 is 1.25 bits per heavy atom. The SMILES string of the molecule is COc1ccc(CNc2nccc(I)c2F)c(OC)c1. The van der Waals surface area contributed by atoms with Crippen molar-refractivity contribution in [1.29, 1.82) is 0 Å². The summed E-state index contributed by atoms with van der Waals surface area (Å²) in [6.07, 6.45) is 1.57. The first-order valence-electron chi connectivity index (χ1n) is 5.90. The predicted molar refractivity (Wildman–Crippen MR) is 83.8 cm³/mol. The third-order valence-electron chi connectivity index (χ3n) is 2.78. The van der Waals surface area contributed by atoms with Crippen molar-refractivity contribution in [3.63, 3.8) is 0 Å². The summed E-state index contributed by atoms with van der Waals surface area (Å²) in [5.74, 6) is 1.28. The molecule has 0 fully saturated rings. The molecule has 0 amide bonds. The van der Waals surface area contributed by atoms with Crippen molar-refractivity contribution >= 4 is 28.4 Å². The predicted octanol–water partition coefficient (Wildman–Crippen LogP) is 3.45. The van der Waals surface area contributed by atoms with Crippen molar-refractivity contribution in [3.05, 3.63) is 45.4 Å². The maximum Gasteiger partial charge on any atom is 0.178 e. The fourth-order valence-electron chi connectivity index (χ4n) is 1.72. The van der Waals surface area contributed by atoms with E-state index in [4.69, 9.17) is 9.47 Å². The molecule has 0 bridgehead atoms. The van der Waals surface area contributed by atoms with E-state index in [2.05, 4.69) is 10.3 Å². The van der Waals surface area contributed by atoms with Gasteiger partial charge in [0.05, 0.1) is 17.8 Å². The van der Waals surface area contributed by atoms with Gasteiger partial charge in [0, 0.05) is 24.4 Å². The van der Waals surface area contributed by atoms with Crippen LogP contribution < -0.4 is 14.8 Å². The number of rotatable bonds is 5. The topological polar surface area (TPSA) is 43.4 Å². The van der Waals surface area contributed by atoms with Crippen molar-refractivity contribution in [2.24, 2.45) is 0 Å². The van der Waals surface area contributed by atoms with E-state index in [0.717, 1.165) is 5.56 Å². The van der Waals surface area contributed by atoms with E-state index in [-0.39, 0.29) is 11.6 Å². The second-order valence-electron chi connectivity index (χ2n) is 3.99. The number of hydrogen-bond donors (Lipinski definition) is 1. The zero-order chi connectivity index (χ0) is 14.5. The lowest BCUT2D eigenvalue weighted by atomic mass is 10.2. The normalized spacial score (nSPS) is 10.2. The highest BCUT2D eigenvalue weighted by Gasteiger charge is 2.09. The second kappa shape index (κ2) is 6.74. The van der Waals surface area contributed by atoms with Gasteiger partial charge in [-0.1, -0.05) is 0 Å². The smallest absolute Gasteiger partial charge is 0.178 e. The van der Waals surface area contributed by atoms with Gasteiger partial charge >= 0.3 is 0 Å². The molecule has 0 saturated carbocycles. The van der Waals surface area contributed by atoms with Crippen LogP contribution >= 0.6 is 22.6 Å². The summed E-state index contributed by atoms with van der Waals surface area (Å²) in [7, 11) is 3.18. The van der Waals surface area contributed by atoms with Gasteiger partial charge in [-0.3, -0.25) is 0 Å². The van der Waals surface area contributed by atoms with Crippen LogP contribution in [0.1, 0.15) is 5.56 Å². The Balaban J connectivity index is 2.16. The van der Waals surface area contributed by atoms with Gasteiger partial charge in [-0.15, -0.1) is 0 Å². The first-order chi connectivity index (χ1) is 9.65. The molecule has 2 aromatic rings. The fraction of sp³-hybridized carbons (Fsp3) is 0.214. The molecule has 4 nitrogen and oxygen atoms in total.